The first-order valence-electron chi connectivity index (χ1n) is 5.88. The highest BCUT2D eigenvalue weighted by Crippen LogP contribution is 2.35. The summed E-state index contributed by atoms with van der Waals surface area (Å²) in [6, 6.07) is 9.71. The van der Waals surface area contributed by atoms with E-state index in [4.69, 9.17) is 28.9 Å². The Bertz CT molecular complexity index is 573. The Hall–Kier alpha value is -0.740. The van der Waals surface area contributed by atoms with Gasteiger partial charge in [-0.1, -0.05) is 41.0 Å². The third-order valence-corrected chi connectivity index (χ3v) is 4.42. The lowest BCUT2D eigenvalue weighted by Crippen LogP contribution is -2.17. The van der Waals surface area contributed by atoms with Gasteiger partial charge in [-0.25, -0.2) is 4.98 Å². The molecule has 100 valence electrons. The molecule has 0 fully saturated rings. The zero-order valence-corrected chi connectivity index (χ0v) is 12.8. The third-order valence-electron chi connectivity index (χ3n) is 2.49. The van der Waals surface area contributed by atoms with E-state index in [1.54, 1.807) is 12.3 Å². The van der Waals surface area contributed by atoms with E-state index in [-0.39, 0.29) is 6.04 Å². The number of aromatic nitrogens is 1. The standard InChI is InChI=1S/C14H14Cl2N2S/c1-9(17)7-10-4-5-13(12(16)8-10)19-14-11(15)3-2-6-18-14/h2-6,8-9H,7,17H2,1H3. The second kappa shape index (κ2) is 6.62. The van der Waals surface area contributed by atoms with Gasteiger partial charge < -0.3 is 5.73 Å². The number of rotatable bonds is 4. The van der Waals surface area contributed by atoms with Crippen LogP contribution < -0.4 is 5.73 Å². The summed E-state index contributed by atoms with van der Waals surface area (Å²) in [6.45, 7) is 1.98. The molecule has 0 amide bonds. The van der Waals surface area contributed by atoms with Crippen LogP contribution in [0.15, 0.2) is 46.5 Å². The lowest BCUT2D eigenvalue weighted by atomic mass is 10.1. The van der Waals surface area contributed by atoms with Crippen molar-refractivity contribution in [2.45, 2.75) is 29.3 Å². The zero-order valence-electron chi connectivity index (χ0n) is 10.4. The second-order valence-electron chi connectivity index (χ2n) is 4.34. The minimum Gasteiger partial charge on any atom is -0.328 e. The van der Waals surface area contributed by atoms with Crippen LogP contribution >= 0.6 is 35.0 Å². The van der Waals surface area contributed by atoms with Gasteiger partial charge in [0.1, 0.15) is 5.03 Å². The lowest BCUT2D eigenvalue weighted by Gasteiger charge is -2.09. The fourth-order valence-electron chi connectivity index (χ4n) is 1.68. The Kier molecular flexibility index (Phi) is 5.11. The molecule has 1 heterocycles. The Morgan fingerprint density at radius 3 is 2.68 bits per heavy atom. The van der Waals surface area contributed by atoms with Gasteiger partial charge in [0.2, 0.25) is 0 Å². The monoisotopic (exact) mass is 312 g/mol. The van der Waals surface area contributed by atoms with Crippen LogP contribution in [0.25, 0.3) is 0 Å². The van der Waals surface area contributed by atoms with Gasteiger partial charge in [-0.15, -0.1) is 0 Å². The van der Waals surface area contributed by atoms with Crippen LogP contribution in [0, 0.1) is 0 Å². The van der Waals surface area contributed by atoms with Crippen LogP contribution in [0.5, 0.6) is 0 Å². The Morgan fingerprint density at radius 1 is 1.26 bits per heavy atom. The lowest BCUT2D eigenvalue weighted by molar-refractivity contribution is 0.738. The molecular formula is C14H14Cl2N2S. The predicted octanol–water partition coefficient (Wildman–Crippen LogP) is 4.43. The number of pyridine rings is 1. The highest BCUT2D eigenvalue weighted by molar-refractivity contribution is 7.99. The van der Waals surface area contributed by atoms with Crippen molar-refractivity contribution in [3.63, 3.8) is 0 Å². The summed E-state index contributed by atoms with van der Waals surface area (Å²) in [5, 5.41) is 2.08. The first kappa shape index (κ1) is 14.7. The molecule has 0 saturated heterocycles. The van der Waals surface area contributed by atoms with Crippen molar-refractivity contribution in [2.75, 3.05) is 0 Å². The van der Waals surface area contributed by atoms with Crippen molar-refractivity contribution in [2.24, 2.45) is 5.73 Å². The minimum atomic E-state index is 0.125. The molecule has 0 bridgehead atoms. The largest absolute Gasteiger partial charge is 0.328 e. The van der Waals surface area contributed by atoms with E-state index in [2.05, 4.69) is 4.98 Å². The molecule has 19 heavy (non-hydrogen) atoms. The van der Waals surface area contributed by atoms with E-state index in [0.29, 0.717) is 10.0 Å². The van der Waals surface area contributed by atoms with Crippen LogP contribution in [0.4, 0.5) is 0 Å². The molecule has 1 aromatic carbocycles. The van der Waals surface area contributed by atoms with Gasteiger partial charge in [-0.3, -0.25) is 0 Å². The van der Waals surface area contributed by atoms with E-state index < -0.39 is 0 Å². The molecule has 2 nitrogen and oxygen atoms in total. The molecule has 2 rings (SSSR count). The molecule has 2 aromatic rings. The van der Waals surface area contributed by atoms with E-state index in [1.807, 2.05) is 31.2 Å². The molecule has 0 spiro atoms. The highest BCUT2D eigenvalue weighted by atomic mass is 35.5. The van der Waals surface area contributed by atoms with Gasteiger partial charge in [-0.05, 0) is 43.2 Å². The maximum Gasteiger partial charge on any atom is 0.119 e. The first-order valence-corrected chi connectivity index (χ1v) is 7.46. The van der Waals surface area contributed by atoms with Crippen LogP contribution in [0.3, 0.4) is 0 Å². The summed E-state index contributed by atoms with van der Waals surface area (Å²) in [5.41, 5.74) is 6.92. The normalized spacial score (nSPS) is 12.4. The minimum absolute atomic E-state index is 0.125. The van der Waals surface area contributed by atoms with Crippen molar-refractivity contribution in [1.29, 1.82) is 0 Å². The number of hydrogen-bond acceptors (Lipinski definition) is 3. The number of nitrogens with two attached hydrogens (primary N) is 1. The molecule has 0 aliphatic rings. The fourth-order valence-corrected chi connectivity index (χ4v) is 3.01. The molecule has 0 aliphatic heterocycles. The molecule has 0 aliphatic carbocycles. The zero-order chi connectivity index (χ0) is 13.8. The van der Waals surface area contributed by atoms with Gasteiger partial charge in [0, 0.05) is 17.1 Å². The highest BCUT2D eigenvalue weighted by Gasteiger charge is 2.08. The Labute approximate surface area is 127 Å². The summed E-state index contributed by atoms with van der Waals surface area (Å²) in [4.78, 5) is 5.18. The first-order chi connectivity index (χ1) is 9.06. The maximum atomic E-state index is 6.28. The summed E-state index contributed by atoms with van der Waals surface area (Å²) in [5.74, 6) is 0. The average Bonchev–Trinajstić information content (AvgIpc) is 2.34. The summed E-state index contributed by atoms with van der Waals surface area (Å²) in [7, 11) is 0. The average molecular weight is 313 g/mol. The van der Waals surface area contributed by atoms with Gasteiger partial charge in [0.15, 0.2) is 0 Å². The number of benzene rings is 1. The van der Waals surface area contributed by atoms with Gasteiger partial charge >= 0.3 is 0 Å². The number of nitrogens with zero attached hydrogens (tertiary/aromatic N) is 1. The Morgan fingerprint density at radius 2 is 2.05 bits per heavy atom. The number of hydrogen-bond donors (Lipinski definition) is 1. The molecule has 1 unspecified atom stereocenters. The van der Waals surface area contributed by atoms with Crippen molar-refractivity contribution in [1.82, 2.24) is 4.98 Å². The molecule has 2 N–H and O–H groups in total. The molecule has 5 heteroatoms. The quantitative estimate of drug-likeness (QED) is 0.907. The van der Waals surface area contributed by atoms with Crippen LogP contribution in [-0.4, -0.2) is 11.0 Å². The van der Waals surface area contributed by atoms with E-state index >= 15 is 0 Å². The van der Waals surface area contributed by atoms with Crippen molar-refractivity contribution in [3.05, 3.63) is 52.1 Å². The van der Waals surface area contributed by atoms with Crippen LogP contribution in [0.2, 0.25) is 10.0 Å². The molecule has 1 aromatic heterocycles. The third kappa shape index (κ3) is 4.11. The second-order valence-corrected chi connectivity index (χ2v) is 6.18. The molecule has 0 radical (unpaired) electrons. The van der Waals surface area contributed by atoms with Crippen LogP contribution in [-0.2, 0) is 6.42 Å². The van der Waals surface area contributed by atoms with Crippen molar-refractivity contribution < 1.29 is 0 Å². The Balaban J connectivity index is 2.20. The van der Waals surface area contributed by atoms with Gasteiger partial charge in [0.25, 0.3) is 0 Å². The summed E-state index contributed by atoms with van der Waals surface area (Å²) < 4.78 is 0. The smallest absolute Gasteiger partial charge is 0.119 e. The molecule has 0 saturated carbocycles. The predicted molar refractivity (Wildman–Crippen MR) is 82.2 cm³/mol. The molecule has 1 atom stereocenters. The SMILES string of the molecule is CC(N)Cc1ccc(Sc2ncccc2Cl)c(Cl)c1. The van der Waals surface area contributed by atoms with E-state index in [1.165, 1.54) is 11.8 Å². The summed E-state index contributed by atoms with van der Waals surface area (Å²) >= 11 is 13.8. The van der Waals surface area contributed by atoms with Crippen LogP contribution in [0.1, 0.15) is 12.5 Å². The van der Waals surface area contributed by atoms with E-state index in [0.717, 1.165) is 21.9 Å². The maximum absolute atomic E-state index is 6.28. The molecular weight excluding hydrogens is 299 g/mol. The van der Waals surface area contributed by atoms with Crippen molar-refractivity contribution in [3.8, 4) is 0 Å². The number of halogens is 2. The van der Waals surface area contributed by atoms with E-state index in [9.17, 15) is 0 Å². The van der Waals surface area contributed by atoms with Gasteiger partial charge in [0.05, 0.1) is 10.0 Å². The van der Waals surface area contributed by atoms with Crippen molar-refractivity contribution >= 4 is 35.0 Å². The van der Waals surface area contributed by atoms with Gasteiger partial charge in [-0.2, -0.15) is 0 Å². The fraction of sp³-hybridized carbons (Fsp3) is 0.214. The topological polar surface area (TPSA) is 38.9 Å². The summed E-state index contributed by atoms with van der Waals surface area (Å²) in [6.07, 6.45) is 2.53.